The van der Waals surface area contributed by atoms with Gasteiger partial charge in [-0.15, -0.1) is 0 Å². The Morgan fingerprint density at radius 2 is 1.91 bits per heavy atom. The van der Waals surface area contributed by atoms with Crippen molar-refractivity contribution in [2.75, 3.05) is 7.11 Å². The summed E-state index contributed by atoms with van der Waals surface area (Å²) in [5.41, 5.74) is 2.30. The third kappa shape index (κ3) is 4.32. The molecular formula is C25H21ClFN3O4. The highest BCUT2D eigenvalue weighted by molar-refractivity contribution is 6.34. The second-order valence-corrected chi connectivity index (χ2v) is 8.35. The number of carbonyl (C=O) groups is 2. The Balaban J connectivity index is 1.90. The molecule has 0 unspecified atom stereocenters. The number of benzene rings is 3. The normalized spacial score (nSPS) is 11.1. The molecule has 3 aromatic carbocycles. The molecule has 0 atom stereocenters. The van der Waals surface area contributed by atoms with Gasteiger partial charge in [-0.1, -0.05) is 29.8 Å². The zero-order valence-electron chi connectivity index (χ0n) is 18.6. The van der Waals surface area contributed by atoms with E-state index in [-0.39, 0.29) is 28.8 Å². The van der Waals surface area contributed by atoms with Crippen LogP contribution in [0.15, 0.2) is 48.5 Å². The van der Waals surface area contributed by atoms with Crippen LogP contribution in [0.25, 0.3) is 33.5 Å². The van der Waals surface area contributed by atoms with E-state index in [1.54, 1.807) is 30.3 Å². The van der Waals surface area contributed by atoms with Crippen molar-refractivity contribution in [3.63, 3.8) is 0 Å². The lowest BCUT2D eigenvalue weighted by molar-refractivity contribution is 0.0697. The maximum atomic E-state index is 14.2. The van der Waals surface area contributed by atoms with E-state index in [1.165, 1.54) is 25.3 Å². The second kappa shape index (κ2) is 9.15. The summed E-state index contributed by atoms with van der Waals surface area (Å²) in [6.45, 7) is 3.63. The number of aromatic carboxylic acids is 1. The third-order valence-electron chi connectivity index (χ3n) is 5.23. The topological polar surface area (TPSA) is 104 Å². The Kier molecular flexibility index (Phi) is 6.26. The molecule has 1 amide bonds. The van der Waals surface area contributed by atoms with Gasteiger partial charge in [0.25, 0.3) is 5.91 Å². The van der Waals surface area contributed by atoms with Crippen LogP contribution < -0.4 is 10.1 Å². The van der Waals surface area contributed by atoms with E-state index in [0.717, 1.165) is 0 Å². The molecule has 0 saturated heterocycles. The Labute approximate surface area is 199 Å². The number of amides is 1. The molecule has 0 radical (unpaired) electrons. The lowest BCUT2D eigenvalue weighted by atomic mass is 9.93. The average Bonchev–Trinajstić information content (AvgIpc) is 3.20. The number of hydrogen-bond acceptors (Lipinski definition) is 4. The number of halogens is 2. The zero-order chi connectivity index (χ0) is 24.6. The molecule has 0 spiro atoms. The van der Waals surface area contributed by atoms with Crippen LogP contribution >= 0.6 is 11.6 Å². The largest absolute Gasteiger partial charge is 0.494 e. The van der Waals surface area contributed by atoms with Gasteiger partial charge in [0.2, 0.25) is 0 Å². The molecule has 1 aromatic heterocycles. The number of H-pyrrole nitrogens is 1. The Hall–Kier alpha value is -3.91. The number of nitrogens with one attached hydrogen (secondary N) is 2. The van der Waals surface area contributed by atoms with Gasteiger partial charge < -0.3 is 20.1 Å². The number of imidazole rings is 1. The molecule has 7 nitrogen and oxygen atoms in total. The van der Waals surface area contributed by atoms with Crippen molar-refractivity contribution in [2.24, 2.45) is 0 Å². The number of fused-ring (bicyclic) bond motifs is 1. The van der Waals surface area contributed by atoms with E-state index in [4.69, 9.17) is 16.3 Å². The Bertz CT molecular complexity index is 1430. The predicted octanol–water partition coefficient (Wildman–Crippen LogP) is 5.53. The van der Waals surface area contributed by atoms with Gasteiger partial charge in [-0.25, -0.2) is 14.2 Å². The third-order valence-corrected chi connectivity index (χ3v) is 5.54. The summed E-state index contributed by atoms with van der Waals surface area (Å²) >= 11 is 6.54. The summed E-state index contributed by atoms with van der Waals surface area (Å²) in [5, 5.41) is 13.0. The molecule has 0 saturated carbocycles. The van der Waals surface area contributed by atoms with E-state index < -0.39 is 11.8 Å². The monoisotopic (exact) mass is 481 g/mol. The van der Waals surface area contributed by atoms with Gasteiger partial charge in [-0.05, 0) is 37.6 Å². The molecule has 34 heavy (non-hydrogen) atoms. The highest BCUT2D eigenvalue weighted by Gasteiger charge is 2.22. The number of ether oxygens (including phenoxy) is 1. The van der Waals surface area contributed by atoms with Crippen molar-refractivity contribution in [3.8, 4) is 28.3 Å². The second-order valence-electron chi connectivity index (χ2n) is 7.95. The summed E-state index contributed by atoms with van der Waals surface area (Å²) in [6, 6.07) is 12.1. The molecule has 0 aliphatic carbocycles. The quantitative estimate of drug-likeness (QED) is 0.335. The summed E-state index contributed by atoms with van der Waals surface area (Å²) in [7, 11) is 1.37. The maximum Gasteiger partial charge on any atom is 0.336 e. The minimum absolute atomic E-state index is 0.0558. The minimum Gasteiger partial charge on any atom is -0.494 e. The zero-order valence-corrected chi connectivity index (χ0v) is 19.3. The SMILES string of the molecule is COc1cc2nc(-c3cccc(Cl)c3-c3ccc(C(=O)NC(C)C)cc3C(=O)O)[nH]c2cc1F. The number of aromatic amines is 1. The molecule has 9 heteroatoms. The first kappa shape index (κ1) is 23.3. The number of aromatic nitrogens is 2. The van der Waals surface area contributed by atoms with Crippen LogP contribution in [0.4, 0.5) is 4.39 Å². The number of rotatable bonds is 6. The molecule has 3 N–H and O–H groups in total. The van der Waals surface area contributed by atoms with Gasteiger partial charge >= 0.3 is 5.97 Å². The first-order chi connectivity index (χ1) is 16.2. The minimum atomic E-state index is -1.21. The number of carboxylic acid groups (broad SMARTS) is 1. The Morgan fingerprint density at radius 3 is 2.59 bits per heavy atom. The summed E-state index contributed by atoms with van der Waals surface area (Å²) in [6.07, 6.45) is 0. The summed E-state index contributed by atoms with van der Waals surface area (Å²) in [5.74, 6) is -1.70. The fourth-order valence-corrected chi connectivity index (χ4v) is 3.99. The van der Waals surface area contributed by atoms with E-state index in [9.17, 15) is 19.1 Å². The van der Waals surface area contributed by atoms with Crippen LogP contribution in [0, 0.1) is 5.82 Å². The van der Waals surface area contributed by atoms with Gasteiger partial charge in [0.15, 0.2) is 11.6 Å². The molecule has 4 rings (SSSR count). The van der Waals surface area contributed by atoms with Crippen LogP contribution in [0.5, 0.6) is 5.75 Å². The number of carboxylic acids is 1. The number of methoxy groups -OCH3 is 1. The van der Waals surface area contributed by atoms with Crippen molar-refractivity contribution >= 4 is 34.5 Å². The number of nitrogens with zero attached hydrogens (tertiary/aromatic N) is 1. The molecule has 0 fully saturated rings. The maximum absolute atomic E-state index is 14.2. The van der Waals surface area contributed by atoms with E-state index in [1.807, 2.05) is 13.8 Å². The lowest BCUT2D eigenvalue weighted by Gasteiger charge is -2.15. The first-order valence-electron chi connectivity index (χ1n) is 10.4. The molecule has 4 aromatic rings. The van der Waals surface area contributed by atoms with Crippen molar-refractivity contribution < 1.29 is 23.8 Å². The molecule has 174 valence electrons. The van der Waals surface area contributed by atoms with Gasteiger partial charge in [-0.3, -0.25) is 4.79 Å². The average molecular weight is 482 g/mol. The molecule has 0 aliphatic rings. The number of hydrogen-bond donors (Lipinski definition) is 3. The van der Waals surface area contributed by atoms with Gasteiger partial charge in [-0.2, -0.15) is 0 Å². The van der Waals surface area contributed by atoms with E-state index in [0.29, 0.717) is 38.6 Å². The summed E-state index contributed by atoms with van der Waals surface area (Å²) in [4.78, 5) is 32.2. The molecule has 0 aliphatic heterocycles. The Morgan fingerprint density at radius 1 is 1.15 bits per heavy atom. The van der Waals surface area contributed by atoms with Gasteiger partial charge in [0.1, 0.15) is 5.82 Å². The van der Waals surface area contributed by atoms with Gasteiger partial charge in [0, 0.05) is 39.9 Å². The fraction of sp³-hybridized carbons (Fsp3) is 0.160. The van der Waals surface area contributed by atoms with Crippen LogP contribution in [0.1, 0.15) is 34.6 Å². The highest BCUT2D eigenvalue weighted by Crippen LogP contribution is 2.39. The van der Waals surface area contributed by atoms with Crippen molar-refractivity contribution in [1.82, 2.24) is 15.3 Å². The fourth-order valence-electron chi connectivity index (χ4n) is 3.72. The van der Waals surface area contributed by atoms with E-state index in [2.05, 4.69) is 15.3 Å². The predicted molar refractivity (Wildman–Crippen MR) is 128 cm³/mol. The van der Waals surface area contributed by atoms with Crippen LogP contribution in [0.2, 0.25) is 5.02 Å². The molecular weight excluding hydrogens is 461 g/mol. The van der Waals surface area contributed by atoms with Crippen molar-refractivity contribution in [3.05, 3.63) is 70.5 Å². The van der Waals surface area contributed by atoms with Crippen molar-refractivity contribution in [2.45, 2.75) is 19.9 Å². The van der Waals surface area contributed by atoms with Gasteiger partial charge in [0.05, 0.1) is 23.7 Å². The van der Waals surface area contributed by atoms with Crippen LogP contribution in [-0.2, 0) is 0 Å². The smallest absolute Gasteiger partial charge is 0.336 e. The molecule has 1 heterocycles. The van der Waals surface area contributed by atoms with Crippen LogP contribution in [0.3, 0.4) is 0 Å². The summed E-state index contributed by atoms with van der Waals surface area (Å²) < 4.78 is 19.2. The number of carbonyl (C=O) groups excluding carboxylic acids is 1. The standard InChI is InChI=1S/C25H21ClFN3O4/c1-12(2)28-24(31)13-7-8-14(16(9-13)25(32)33)22-15(5-4-6-17(22)26)23-29-19-10-18(27)21(34-3)11-20(19)30-23/h4-12H,1-3H3,(H,28,31)(H,29,30)(H,32,33). The van der Waals surface area contributed by atoms with Crippen molar-refractivity contribution in [1.29, 1.82) is 0 Å². The van der Waals surface area contributed by atoms with E-state index >= 15 is 0 Å². The molecule has 0 bridgehead atoms. The lowest BCUT2D eigenvalue weighted by Crippen LogP contribution is -2.30. The first-order valence-corrected chi connectivity index (χ1v) is 10.8. The highest BCUT2D eigenvalue weighted by atomic mass is 35.5. The van der Waals surface area contributed by atoms with Crippen LogP contribution in [-0.4, -0.2) is 40.1 Å².